The van der Waals surface area contributed by atoms with E-state index in [1.54, 1.807) is 11.3 Å². The molecule has 0 amide bonds. The van der Waals surface area contributed by atoms with Gasteiger partial charge in [0.2, 0.25) is 5.89 Å². The lowest BCUT2D eigenvalue weighted by Crippen LogP contribution is -1.96. The number of nitrogens with zero attached hydrogens (tertiary/aromatic N) is 2. The Morgan fingerprint density at radius 2 is 2.12 bits per heavy atom. The molecule has 1 fully saturated rings. The minimum Gasteiger partial charge on any atom is -0.481 e. The van der Waals surface area contributed by atoms with Gasteiger partial charge in [-0.2, -0.15) is 0 Å². The molecule has 0 aliphatic heterocycles. The predicted molar refractivity (Wildman–Crippen MR) is 92.8 cm³/mol. The molecule has 0 unspecified atom stereocenters. The number of oxazole rings is 1. The van der Waals surface area contributed by atoms with Crippen LogP contribution in [0.1, 0.15) is 48.2 Å². The lowest BCUT2D eigenvalue weighted by Gasteiger charge is -2.00. The number of hydrogen-bond donors (Lipinski definition) is 1. The Kier molecular flexibility index (Phi) is 3.90. The summed E-state index contributed by atoms with van der Waals surface area (Å²) in [4.78, 5) is 20.1. The van der Waals surface area contributed by atoms with Gasteiger partial charge in [-0.25, -0.2) is 9.97 Å². The van der Waals surface area contributed by atoms with Gasteiger partial charge in [-0.05, 0) is 37.5 Å². The summed E-state index contributed by atoms with van der Waals surface area (Å²) in [6.45, 7) is 0. The lowest BCUT2D eigenvalue weighted by atomic mass is 10.1. The van der Waals surface area contributed by atoms with Crippen LogP contribution in [0.25, 0.3) is 22.7 Å². The molecule has 0 atom stereocenters. The molecule has 2 heterocycles. The van der Waals surface area contributed by atoms with Gasteiger partial charge in [0.15, 0.2) is 5.58 Å². The molecule has 0 radical (unpaired) electrons. The normalized spacial score (nSPS) is 15.1. The lowest BCUT2D eigenvalue weighted by molar-refractivity contribution is -0.136. The minimum atomic E-state index is -0.839. The fourth-order valence-electron chi connectivity index (χ4n) is 2.56. The summed E-state index contributed by atoms with van der Waals surface area (Å²) in [6, 6.07) is 7.53. The van der Waals surface area contributed by atoms with Crippen LogP contribution in [0, 0.1) is 0 Å². The molecule has 4 rings (SSSR count). The van der Waals surface area contributed by atoms with Crippen LogP contribution >= 0.6 is 11.3 Å². The number of benzene rings is 1. The third-order valence-corrected chi connectivity index (χ3v) is 4.99. The Balaban J connectivity index is 1.68. The van der Waals surface area contributed by atoms with Crippen molar-refractivity contribution in [2.45, 2.75) is 31.6 Å². The number of rotatable bonds is 6. The number of allylic oxidation sites excluding steroid dienone is 1. The van der Waals surface area contributed by atoms with Crippen molar-refractivity contribution in [3.05, 3.63) is 46.2 Å². The first-order valence-corrected chi connectivity index (χ1v) is 8.81. The van der Waals surface area contributed by atoms with Crippen LogP contribution in [0.5, 0.6) is 0 Å². The van der Waals surface area contributed by atoms with Gasteiger partial charge in [0, 0.05) is 23.3 Å². The van der Waals surface area contributed by atoms with Gasteiger partial charge in [-0.3, -0.25) is 4.79 Å². The second-order valence-electron chi connectivity index (χ2n) is 5.93. The van der Waals surface area contributed by atoms with E-state index in [1.807, 2.05) is 35.7 Å². The molecule has 0 saturated heterocycles. The Labute approximate surface area is 142 Å². The number of carboxylic acids is 1. The van der Waals surface area contributed by atoms with E-state index in [4.69, 9.17) is 9.52 Å². The van der Waals surface area contributed by atoms with Crippen molar-refractivity contribution in [2.75, 3.05) is 0 Å². The number of carbonyl (C=O) groups is 1. The second kappa shape index (κ2) is 6.20. The standard InChI is InChI=1S/C18H16N2O3S/c21-16(22)8-7-12(9-13-10-24-18(19-13)11-5-6-11)17-20-14-3-1-2-4-15(14)23-17/h1-4,9-11H,5-8H2,(H,21,22)/b12-9-. The smallest absolute Gasteiger partial charge is 0.303 e. The maximum atomic E-state index is 11.0. The molecule has 24 heavy (non-hydrogen) atoms. The average Bonchev–Trinajstić information content (AvgIpc) is 3.16. The summed E-state index contributed by atoms with van der Waals surface area (Å²) in [7, 11) is 0. The Bertz CT molecular complexity index is 888. The third-order valence-electron chi connectivity index (χ3n) is 3.97. The largest absolute Gasteiger partial charge is 0.481 e. The molecule has 1 aliphatic carbocycles. The van der Waals surface area contributed by atoms with Crippen molar-refractivity contribution in [1.82, 2.24) is 9.97 Å². The molecule has 0 bridgehead atoms. The average molecular weight is 340 g/mol. The van der Waals surface area contributed by atoms with E-state index in [-0.39, 0.29) is 6.42 Å². The van der Waals surface area contributed by atoms with Gasteiger partial charge in [-0.1, -0.05) is 12.1 Å². The maximum Gasteiger partial charge on any atom is 0.303 e. The summed E-state index contributed by atoms with van der Waals surface area (Å²) >= 11 is 1.66. The van der Waals surface area contributed by atoms with E-state index in [1.165, 1.54) is 12.8 Å². The molecular formula is C18H16N2O3S. The Hall–Kier alpha value is -2.47. The zero-order valence-electron chi connectivity index (χ0n) is 12.9. The molecule has 1 N–H and O–H groups in total. The van der Waals surface area contributed by atoms with E-state index in [0.29, 0.717) is 23.8 Å². The fraction of sp³-hybridized carbons (Fsp3) is 0.278. The summed E-state index contributed by atoms with van der Waals surface area (Å²) in [5, 5.41) is 12.2. The van der Waals surface area contributed by atoms with Crippen molar-refractivity contribution < 1.29 is 14.3 Å². The van der Waals surface area contributed by atoms with Crippen molar-refractivity contribution in [1.29, 1.82) is 0 Å². The molecule has 1 saturated carbocycles. The van der Waals surface area contributed by atoms with Crippen LogP contribution in [0.2, 0.25) is 0 Å². The molecule has 3 aromatic rings. The van der Waals surface area contributed by atoms with E-state index < -0.39 is 5.97 Å². The van der Waals surface area contributed by atoms with E-state index in [0.717, 1.165) is 21.8 Å². The fourth-order valence-corrected chi connectivity index (χ4v) is 3.50. The molecule has 1 aliphatic rings. The van der Waals surface area contributed by atoms with E-state index in [2.05, 4.69) is 9.97 Å². The minimum absolute atomic E-state index is 0.0319. The van der Waals surface area contributed by atoms with Crippen LogP contribution in [-0.2, 0) is 4.79 Å². The van der Waals surface area contributed by atoms with Crippen LogP contribution in [0.4, 0.5) is 0 Å². The highest BCUT2D eigenvalue weighted by molar-refractivity contribution is 7.09. The number of aromatic nitrogens is 2. The highest BCUT2D eigenvalue weighted by Crippen LogP contribution is 2.41. The predicted octanol–water partition coefficient (Wildman–Crippen LogP) is 4.57. The summed E-state index contributed by atoms with van der Waals surface area (Å²) in [5.74, 6) is 0.247. The van der Waals surface area contributed by atoms with E-state index >= 15 is 0 Å². The third kappa shape index (κ3) is 3.23. The van der Waals surface area contributed by atoms with Gasteiger partial charge in [0.05, 0.1) is 10.7 Å². The highest BCUT2D eigenvalue weighted by Gasteiger charge is 2.26. The van der Waals surface area contributed by atoms with Crippen molar-refractivity contribution in [3.63, 3.8) is 0 Å². The SMILES string of the molecule is O=C(O)CC/C(=C/c1csc(C2CC2)n1)c1nc2ccccc2o1. The Morgan fingerprint density at radius 1 is 1.29 bits per heavy atom. The van der Waals surface area contributed by atoms with Gasteiger partial charge in [0.1, 0.15) is 5.52 Å². The zero-order valence-corrected chi connectivity index (χ0v) is 13.8. The molecular weight excluding hydrogens is 324 g/mol. The summed E-state index contributed by atoms with van der Waals surface area (Å²) in [6.07, 6.45) is 4.72. The summed E-state index contributed by atoms with van der Waals surface area (Å²) < 4.78 is 5.80. The van der Waals surface area contributed by atoms with Gasteiger partial charge in [0.25, 0.3) is 0 Å². The number of para-hydroxylation sites is 2. The van der Waals surface area contributed by atoms with Crippen LogP contribution in [0.15, 0.2) is 34.1 Å². The van der Waals surface area contributed by atoms with E-state index in [9.17, 15) is 4.79 Å². The number of aliphatic carboxylic acids is 1. The van der Waals surface area contributed by atoms with Crippen LogP contribution in [0.3, 0.4) is 0 Å². The quantitative estimate of drug-likeness (QED) is 0.711. The molecule has 6 heteroatoms. The monoisotopic (exact) mass is 340 g/mol. The van der Waals surface area contributed by atoms with Crippen LogP contribution in [-0.4, -0.2) is 21.0 Å². The molecule has 5 nitrogen and oxygen atoms in total. The number of hydrogen-bond acceptors (Lipinski definition) is 5. The highest BCUT2D eigenvalue weighted by atomic mass is 32.1. The second-order valence-corrected chi connectivity index (χ2v) is 6.82. The molecule has 122 valence electrons. The van der Waals surface area contributed by atoms with Crippen molar-refractivity contribution in [2.24, 2.45) is 0 Å². The Morgan fingerprint density at radius 3 is 2.88 bits per heavy atom. The van der Waals surface area contributed by atoms with Gasteiger partial charge >= 0.3 is 5.97 Å². The topological polar surface area (TPSA) is 76.2 Å². The number of thiazole rings is 1. The van der Waals surface area contributed by atoms with Crippen LogP contribution < -0.4 is 0 Å². The first-order chi connectivity index (χ1) is 11.7. The molecule has 0 spiro atoms. The van der Waals surface area contributed by atoms with Gasteiger partial charge < -0.3 is 9.52 Å². The summed E-state index contributed by atoms with van der Waals surface area (Å²) in [5.41, 5.74) is 3.09. The molecule has 2 aromatic heterocycles. The molecule has 1 aromatic carbocycles. The first kappa shape index (κ1) is 15.1. The number of carboxylic acid groups (broad SMARTS) is 1. The maximum absolute atomic E-state index is 11.0. The van der Waals surface area contributed by atoms with Crippen molar-refractivity contribution in [3.8, 4) is 0 Å². The van der Waals surface area contributed by atoms with Gasteiger partial charge in [-0.15, -0.1) is 11.3 Å². The number of fused-ring (bicyclic) bond motifs is 1. The first-order valence-electron chi connectivity index (χ1n) is 7.93. The zero-order chi connectivity index (χ0) is 16.5. The van der Waals surface area contributed by atoms with Crippen molar-refractivity contribution >= 4 is 40.1 Å².